The van der Waals surface area contributed by atoms with Crippen LogP contribution < -0.4 is 5.32 Å². The molecule has 2 heterocycles. The van der Waals surface area contributed by atoms with Gasteiger partial charge in [-0.15, -0.1) is 0 Å². The summed E-state index contributed by atoms with van der Waals surface area (Å²) in [6.07, 6.45) is 3.99. The van der Waals surface area contributed by atoms with Gasteiger partial charge in [0.05, 0.1) is 0 Å². The van der Waals surface area contributed by atoms with Crippen molar-refractivity contribution >= 4 is 0 Å². The Labute approximate surface area is 121 Å². The molecule has 0 saturated carbocycles. The monoisotopic (exact) mass is 271 g/mol. The molecule has 108 valence electrons. The lowest BCUT2D eigenvalue weighted by Crippen LogP contribution is -2.63. The molecule has 1 unspecified atom stereocenters. The van der Waals surface area contributed by atoms with Crippen LogP contribution in [-0.2, 0) is 6.42 Å². The van der Waals surface area contributed by atoms with Crippen LogP contribution in [0.4, 0.5) is 0 Å². The summed E-state index contributed by atoms with van der Waals surface area (Å²) in [6, 6.07) is 10.6. The quantitative estimate of drug-likeness (QED) is 0.882. The first-order chi connectivity index (χ1) is 9.92. The first-order valence-corrected chi connectivity index (χ1v) is 8.18. The smallest absolute Gasteiger partial charge is 0.0352 e. The molecule has 3 aliphatic rings. The van der Waals surface area contributed by atoms with Gasteiger partial charge >= 0.3 is 0 Å². The predicted molar refractivity (Wildman–Crippen MR) is 81.9 cm³/mol. The third-order valence-corrected chi connectivity index (χ3v) is 5.34. The van der Waals surface area contributed by atoms with Crippen molar-refractivity contribution in [2.24, 2.45) is 0 Å². The van der Waals surface area contributed by atoms with E-state index in [1.54, 1.807) is 11.1 Å². The maximum atomic E-state index is 3.45. The van der Waals surface area contributed by atoms with E-state index in [1.165, 1.54) is 58.5 Å². The van der Waals surface area contributed by atoms with E-state index in [9.17, 15) is 0 Å². The fourth-order valence-corrected chi connectivity index (χ4v) is 4.13. The van der Waals surface area contributed by atoms with Crippen molar-refractivity contribution in [2.45, 2.75) is 31.3 Å². The van der Waals surface area contributed by atoms with Gasteiger partial charge in [0.1, 0.15) is 0 Å². The van der Waals surface area contributed by atoms with Crippen molar-refractivity contribution in [3.63, 3.8) is 0 Å². The summed E-state index contributed by atoms with van der Waals surface area (Å²) in [7, 11) is 0. The Balaban J connectivity index is 1.41. The minimum Gasteiger partial charge on any atom is -0.314 e. The molecule has 3 nitrogen and oxygen atoms in total. The number of benzene rings is 1. The SMILES string of the molecule is c1ccc2c(c1)CCCC2N1CC(N2CCNCC2)C1. The molecule has 2 aliphatic heterocycles. The summed E-state index contributed by atoms with van der Waals surface area (Å²) in [5.41, 5.74) is 3.20. The summed E-state index contributed by atoms with van der Waals surface area (Å²) in [6.45, 7) is 7.36. The van der Waals surface area contributed by atoms with Gasteiger partial charge in [-0.2, -0.15) is 0 Å². The van der Waals surface area contributed by atoms with Crippen molar-refractivity contribution in [1.29, 1.82) is 0 Å². The zero-order chi connectivity index (χ0) is 13.4. The van der Waals surface area contributed by atoms with Gasteiger partial charge in [-0.1, -0.05) is 24.3 Å². The lowest BCUT2D eigenvalue weighted by atomic mass is 9.85. The first-order valence-electron chi connectivity index (χ1n) is 8.18. The third kappa shape index (κ3) is 2.28. The van der Waals surface area contributed by atoms with E-state index in [-0.39, 0.29) is 0 Å². The molecule has 1 N–H and O–H groups in total. The Morgan fingerprint density at radius 1 is 1.00 bits per heavy atom. The molecule has 0 bridgehead atoms. The summed E-state index contributed by atoms with van der Waals surface area (Å²) in [5, 5.41) is 3.45. The molecule has 2 saturated heterocycles. The number of nitrogens with one attached hydrogen (secondary N) is 1. The Morgan fingerprint density at radius 2 is 1.80 bits per heavy atom. The fraction of sp³-hybridized carbons (Fsp3) is 0.647. The maximum Gasteiger partial charge on any atom is 0.0352 e. The van der Waals surface area contributed by atoms with Crippen LogP contribution in [0.3, 0.4) is 0 Å². The largest absolute Gasteiger partial charge is 0.314 e. The molecule has 1 aromatic carbocycles. The van der Waals surface area contributed by atoms with Crippen molar-refractivity contribution < 1.29 is 0 Å². The van der Waals surface area contributed by atoms with Gasteiger partial charge in [0, 0.05) is 51.4 Å². The maximum absolute atomic E-state index is 3.45. The molecule has 4 rings (SSSR count). The van der Waals surface area contributed by atoms with Gasteiger partial charge in [0.2, 0.25) is 0 Å². The number of piperazine rings is 1. The van der Waals surface area contributed by atoms with Crippen molar-refractivity contribution in [3.8, 4) is 0 Å². The first kappa shape index (κ1) is 12.8. The summed E-state index contributed by atoms with van der Waals surface area (Å²) in [5.74, 6) is 0. The van der Waals surface area contributed by atoms with E-state index in [2.05, 4.69) is 39.4 Å². The highest BCUT2D eigenvalue weighted by molar-refractivity contribution is 5.32. The molecule has 0 aromatic heterocycles. The van der Waals surface area contributed by atoms with Crippen LogP contribution in [0.15, 0.2) is 24.3 Å². The molecule has 3 heteroatoms. The molecule has 0 amide bonds. The highest BCUT2D eigenvalue weighted by Gasteiger charge is 2.37. The second-order valence-electron chi connectivity index (χ2n) is 6.50. The van der Waals surface area contributed by atoms with E-state index in [4.69, 9.17) is 0 Å². The van der Waals surface area contributed by atoms with Crippen LogP contribution >= 0.6 is 0 Å². The molecule has 0 radical (unpaired) electrons. The predicted octanol–water partition coefficient (Wildman–Crippen LogP) is 1.65. The molecular weight excluding hydrogens is 246 g/mol. The van der Waals surface area contributed by atoms with E-state index in [1.807, 2.05) is 0 Å². The molecule has 1 aliphatic carbocycles. The summed E-state index contributed by atoms with van der Waals surface area (Å²) >= 11 is 0. The Morgan fingerprint density at radius 3 is 2.65 bits per heavy atom. The van der Waals surface area contributed by atoms with Gasteiger partial charge < -0.3 is 5.32 Å². The fourth-order valence-electron chi connectivity index (χ4n) is 4.13. The highest BCUT2D eigenvalue weighted by Crippen LogP contribution is 2.37. The average Bonchev–Trinajstić information content (AvgIpc) is 2.47. The minimum absolute atomic E-state index is 0.694. The second-order valence-corrected chi connectivity index (χ2v) is 6.50. The van der Waals surface area contributed by atoms with Crippen molar-refractivity contribution in [2.75, 3.05) is 39.3 Å². The molecular formula is C17H25N3. The Kier molecular flexibility index (Phi) is 3.51. The zero-order valence-corrected chi connectivity index (χ0v) is 12.2. The number of rotatable bonds is 2. The van der Waals surface area contributed by atoms with E-state index in [0.717, 1.165) is 6.04 Å². The standard InChI is InChI=1S/C17H25N3/c1-2-6-16-14(4-1)5-3-7-17(16)20-12-15(13-20)19-10-8-18-9-11-19/h1-2,4,6,15,17-18H,3,5,7-13H2. The Bertz CT molecular complexity index is 461. The van der Waals surface area contributed by atoms with Gasteiger partial charge in [-0.05, 0) is 30.4 Å². The number of nitrogens with zero attached hydrogens (tertiary/aromatic N) is 2. The van der Waals surface area contributed by atoms with Crippen LogP contribution in [0, 0.1) is 0 Å². The number of fused-ring (bicyclic) bond motifs is 1. The van der Waals surface area contributed by atoms with Gasteiger partial charge in [0.15, 0.2) is 0 Å². The summed E-state index contributed by atoms with van der Waals surface area (Å²) < 4.78 is 0. The number of aryl methyl sites for hydroxylation is 1. The molecule has 20 heavy (non-hydrogen) atoms. The van der Waals surface area contributed by atoms with Crippen LogP contribution in [-0.4, -0.2) is 55.1 Å². The Hall–Kier alpha value is -0.900. The normalized spacial score (nSPS) is 28.9. The lowest BCUT2D eigenvalue weighted by Gasteiger charge is -2.51. The minimum atomic E-state index is 0.694. The molecule has 1 aromatic rings. The summed E-state index contributed by atoms with van der Waals surface area (Å²) in [4.78, 5) is 5.40. The average molecular weight is 271 g/mol. The van der Waals surface area contributed by atoms with Crippen LogP contribution in [0.5, 0.6) is 0 Å². The van der Waals surface area contributed by atoms with E-state index in [0.29, 0.717) is 6.04 Å². The topological polar surface area (TPSA) is 18.5 Å². The van der Waals surface area contributed by atoms with Crippen LogP contribution in [0.25, 0.3) is 0 Å². The number of hydrogen-bond donors (Lipinski definition) is 1. The van der Waals surface area contributed by atoms with Crippen molar-refractivity contribution in [1.82, 2.24) is 15.1 Å². The number of likely N-dealkylation sites (tertiary alicyclic amines) is 1. The van der Waals surface area contributed by atoms with Gasteiger partial charge in [-0.25, -0.2) is 0 Å². The van der Waals surface area contributed by atoms with E-state index >= 15 is 0 Å². The second kappa shape index (κ2) is 5.47. The lowest BCUT2D eigenvalue weighted by molar-refractivity contribution is -0.00573. The van der Waals surface area contributed by atoms with Crippen LogP contribution in [0.1, 0.15) is 30.0 Å². The van der Waals surface area contributed by atoms with Gasteiger partial charge in [0.25, 0.3) is 0 Å². The molecule has 0 spiro atoms. The highest BCUT2D eigenvalue weighted by atomic mass is 15.3. The van der Waals surface area contributed by atoms with Crippen LogP contribution in [0.2, 0.25) is 0 Å². The third-order valence-electron chi connectivity index (χ3n) is 5.34. The van der Waals surface area contributed by atoms with Gasteiger partial charge in [-0.3, -0.25) is 9.80 Å². The number of hydrogen-bond acceptors (Lipinski definition) is 3. The molecule has 2 fully saturated rings. The van der Waals surface area contributed by atoms with E-state index < -0.39 is 0 Å². The zero-order valence-electron chi connectivity index (χ0n) is 12.2. The van der Waals surface area contributed by atoms with Crippen molar-refractivity contribution in [3.05, 3.63) is 35.4 Å². The molecule has 1 atom stereocenters.